The van der Waals surface area contributed by atoms with Crippen molar-refractivity contribution < 1.29 is 27.3 Å². The molecule has 0 amide bonds. The Hall–Kier alpha value is -3.75. The van der Waals surface area contributed by atoms with Crippen molar-refractivity contribution in [2.45, 2.75) is 11.1 Å². The van der Waals surface area contributed by atoms with Gasteiger partial charge in [-0.1, -0.05) is 18.2 Å². The van der Waals surface area contributed by atoms with Crippen molar-refractivity contribution >= 4 is 39.4 Å². The van der Waals surface area contributed by atoms with E-state index in [0.29, 0.717) is 11.5 Å². The lowest BCUT2D eigenvalue weighted by Gasteiger charge is -2.19. The van der Waals surface area contributed by atoms with Crippen LogP contribution in [0.1, 0.15) is 21.6 Å². The van der Waals surface area contributed by atoms with Crippen molar-refractivity contribution in [1.82, 2.24) is 10.5 Å². The number of nitrogens with one attached hydrogen (secondary N) is 1. The van der Waals surface area contributed by atoms with Crippen molar-refractivity contribution in [2.24, 2.45) is 21.8 Å². The van der Waals surface area contributed by atoms with Crippen LogP contribution in [0.5, 0.6) is 0 Å². The Balaban J connectivity index is 2.57. The van der Waals surface area contributed by atoms with Crippen LogP contribution < -0.4 is 28.0 Å². The van der Waals surface area contributed by atoms with E-state index in [-0.39, 0.29) is 22.3 Å². The highest BCUT2D eigenvalue weighted by Gasteiger charge is 2.37. The number of aromatic carboxylic acids is 1. The summed E-state index contributed by atoms with van der Waals surface area (Å²) in [6.45, 7) is 0. The topological polar surface area (TPSA) is 196 Å². The number of anilines is 1. The van der Waals surface area contributed by atoms with Gasteiger partial charge in [-0.05, 0) is 29.3 Å². The maximum Gasteiger partial charge on any atom is 0.417 e. The summed E-state index contributed by atoms with van der Waals surface area (Å²) in [5.74, 6) is 3.16. The number of aromatic nitrogens is 1. The summed E-state index contributed by atoms with van der Waals surface area (Å²) in [5, 5.41) is 18.7. The summed E-state index contributed by atoms with van der Waals surface area (Å²) in [7, 11) is -2.67. The second kappa shape index (κ2) is 8.41. The van der Waals surface area contributed by atoms with Crippen LogP contribution in [-0.2, 0) is 17.2 Å². The number of rotatable bonds is 5. The number of para-hydroxylation sites is 1. The molecule has 10 N–H and O–H groups in total. The Kier molecular flexibility index (Phi) is 6.03. The van der Waals surface area contributed by atoms with Crippen LogP contribution in [0.25, 0.3) is 22.0 Å². The molecule has 0 aliphatic rings. The van der Waals surface area contributed by atoms with Crippen LogP contribution >= 0.6 is 0 Å². The van der Waals surface area contributed by atoms with Gasteiger partial charge >= 0.3 is 12.1 Å². The first-order chi connectivity index (χ1) is 15.0. The fourth-order valence-electron chi connectivity index (χ4n) is 3.22. The van der Waals surface area contributed by atoms with Gasteiger partial charge < -0.3 is 16.6 Å². The number of halogens is 3. The summed E-state index contributed by atoms with van der Waals surface area (Å²) in [6.07, 6.45) is -4.93. The molecule has 14 heteroatoms. The van der Waals surface area contributed by atoms with Gasteiger partial charge in [-0.3, -0.25) is 0 Å². The molecule has 3 rings (SSSR count). The predicted octanol–water partition coefficient (Wildman–Crippen LogP) is 1.27. The lowest BCUT2D eigenvalue weighted by molar-refractivity contribution is -0.139. The number of carbonyl (C=O) groups is 1. The number of pyridine rings is 1. The standard InChI is InChI=1S/C18H16F3N7O3S/c19-18(20,21)10-5-4-7(13(15(10)32(25)31)16(23)27-28-24)9-6-12(17(29)30)26-14-8(9)2-1-3-11(14)22/h1-6,28H,22,24-25H2,(H2,23,27)(H,29,30). The third-order valence-electron chi connectivity index (χ3n) is 4.49. The van der Waals surface area contributed by atoms with Crippen LogP contribution in [0, 0.1) is 0 Å². The molecule has 0 aliphatic carbocycles. The lowest BCUT2D eigenvalue weighted by Crippen LogP contribution is -2.27. The van der Waals surface area contributed by atoms with Crippen LogP contribution in [0.15, 0.2) is 46.4 Å². The number of hydrogen-bond acceptors (Lipinski definition) is 7. The van der Waals surface area contributed by atoms with Gasteiger partial charge in [0.05, 0.1) is 21.7 Å². The number of amidine groups is 1. The number of alkyl halides is 3. The summed E-state index contributed by atoms with van der Waals surface area (Å²) in [4.78, 5) is 14.8. The fourth-order valence-corrected chi connectivity index (χ4v) is 4.04. The monoisotopic (exact) mass is 467 g/mol. The van der Waals surface area contributed by atoms with E-state index in [2.05, 4.69) is 10.1 Å². The van der Waals surface area contributed by atoms with Crippen LogP contribution in [0.3, 0.4) is 0 Å². The summed E-state index contributed by atoms with van der Waals surface area (Å²) in [5.41, 5.74) is 11.8. The molecule has 1 unspecified atom stereocenters. The summed E-state index contributed by atoms with van der Waals surface area (Å²) >= 11 is 0. The van der Waals surface area contributed by atoms with Gasteiger partial charge in [0.2, 0.25) is 0 Å². The van der Waals surface area contributed by atoms with Crippen LogP contribution in [0.4, 0.5) is 18.9 Å². The van der Waals surface area contributed by atoms with Crippen molar-refractivity contribution in [3.63, 3.8) is 0 Å². The number of hydrazone groups is 1. The van der Waals surface area contributed by atoms with Gasteiger partial charge in [0.1, 0.15) is 16.7 Å². The van der Waals surface area contributed by atoms with Crippen LogP contribution in [-0.4, -0.2) is 26.1 Å². The second-order valence-corrected chi connectivity index (χ2v) is 7.39. The fraction of sp³-hybridized carbons (Fsp3) is 0.0556. The molecule has 10 nitrogen and oxygen atoms in total. The minimum absolute atomic E-state index is 0.0381. The molecule has 3 aromatic rings. The molecule has 0 saturated heterocycles. The van der Waals surface area contributed by atoms with Gasteiger partial charge in [-0.2, -0.15) is 13.2 Å². The van der Waals surface area contributed by atoms with Crippen molar-refractivity contribution in [3.8, 4) is 11.1 Å². The number of carboxylic acid groups (broad SMARTS) is 1. The Morgan fingerprint density at radius 3 is 2.44 bits per heavy atom. The molecule has 1 aromatic heterocycles. The molecule has 168 valence electrons. The molecule has 0 radical (unpaired) electrons. The van der Waals surface area contributed by atoms with E-state index in [1.165, 1.54) is 12.1 Å². The van der Waals surface area contributed by atoms with E-state index in [0.717, 1.165) is 12.1 Å². The molecular weight excluding hydrogens is 451 g/mol. The Morgan fingerprint density at radius 1 is 1.19 bits per heavy atom. The second-order valence-electron chi connectivity index (χ2n) is 6.39. The first-order valence-corrected chi connectivity index (χ1v) is 9.81. The summed E-state index contributed by atoms with van der Waals surface area (Å²) < 4.78 is 53.1. The highest BCUT2D eigenvalue weighted by atomic mass is 32.2. The third kappa shape index (κ3) is 4.05. The number of carboxylic acids is 1. The molecule has 32 heavy (non-hydrogen) atoms. The zero-order valence-corrected chi connectivity index (χ0v) is 16.8. The normalized spacial score (nSPS) is 13.2. The molecule has 2 aromatic carbocycles. The number of nitrogens with zero attached hydrogens (tertiary/aromatic N) is 2. The van der Waals surface area contributed by atoms with Gasteiger partial charge in [0.25, 0.3) is 0 Å². The van der Waals surface area contributed by atoms with E-state index in [1.807, 2.05) is 5.53 Å². The maximum atomic E-state index is 13.6. The van der Waals surface area contributed by atoms with E-state index < -0.39 is 50.7 Å². The molecular formula is C18H16F3N7O3S. The number of benzene rings is 2. The van der Waals surface area contributed by atoms with E-state index in [9.17, 15) is 27.3 Å². The molecule has 0 bridgehead atoms. The SMILES string of the molecule is NN/N=C(\N)c1c(-c2cc(C(=O)O)nc3c(N)cccc23)ccc(C(F)(F)F)c1S(N)=O. The molecule has 0 fully saturated rings. The molecule has 1 heterocycles. The Bertz CT molecular complexity index is 1300. The van der Waals surface area contributed by atoms with Crippen LogP contribution in [0.2, 0.25) is 0 Å². The average molecular weight is 467 g/mol. The van der Waals surface area contributed by atoms with E-state index >= 15 is 0 Å². The molecule has 1 atom stereocenters. The summed E-state index contributed by atoms with van der Waals surface area (Å²) in [6, 6.07) is 7.40. The maximum absolute atomic E-state index is 13.6. The van der Waals surface area contributed by atoms with Gasteiger partial charge in [0.15, 0.2) is 5.84 Å². The average Bonchev–Trinajstić information content (AvgIpc) is 2.71. The van der Waals surface area contributed by atoms with Gasteiger partial charge in [-0.25, -0.2) is 30.5 Å². The van der Waals surface area contributed by atoms with Gasteiger partial charge in [-0.15, -0.1) is 5.10 Å². The zero-order chi connectivity index (χ0) is 23.8. The Labute approximate surface area is 180 Å². The highest BCUT2D eigenvalue weighted by Crippen LogP contribution is 2.40. The quantitative estimate of drug-likeness (QED) is 0.106. The predicted molar refractivity (Wildman–Crippen MR) is 112 cm³/mol. The minimum Gasteiger partial charge on any atom is -0.477 e. The first kappa shape index (κ1) is 22.9. The van der Waals surface area contributed by atoms with Gasteiger partial charge in [0, 0.05) is 10.9 Å². The van der Waals surface area contributed by atoms with Crippen molar-refractivity contribution in [2.75, 3.05) is 5.73 Å². The minimum atomic E-state index is -4.93. The number of hydrazine groups is 1. The first-order valence-electron chi connectivity index (χ1n) is 8.59. The highest BCUT2D eigenvalue weighted by molar-refractivity contribution is 7.82. The van der Waals surface area contributed by atoms with E-state index in [1.54, 1.807) is 6.07 Å². The number of fused-ring (bicyclic) bond motifs is 1. The smallest absolute Gasteiger partial charge is 0.417 e. The van der Waals surface area contributed by atoms with E-state index in [4.69, 9.17) is 22.4 Å². The number of nitrogen functional groups attached to an aromatic ring is 1. The molecule has 0 saturated carbocycles. The zero-order valence-electron chi connectivity index (χ0n) is 16.0. The number of nitrogens with two attached hydrogens (primary N) is 4. The lowest BCUT2D eigenvalue weighted by atomic mass is 9.93. The Morgan fingerprint density at radius 2 is 1.88 bits per heavy atom. The van der Waals surface area contributed by atoms with Crippen molar-refractivity contribution in [1.29, 1.82) is 0 Å². The largest absolute Gasteiger partial charge is 0.477 e. The molecule has 0 spiro atoms. The third-order valence-corrected chi connectivity index (χ3v) is 5.31. The van der Waals surface area contributed by atoms with Crippen molar-refractivity contribution in [3.05, 3.63) is 53.2 Å². The molecule has 0 aliphatic heterocycles. The number of hydrogen-bond donors (Lipinski definition) is 6.